The van der Waals surface area contributed by atoms with Gasteiger partial charge in [-0.25, -0.2) is 0 Å². The number of rotatable bonds is 3. The molecule has 0 unspecified atom stereocenters. The molecule has 248 valence electrons. The number of nitrogens with zero attached hydrogens (tertiary/aromatic N) is 3. The number of para-hydroxylation sites is 2. The first kappa shape index (κ1) is 29.3. The van der Waals surface area contributed by atoms with Crippen molar-refractivity contribution in [1.29, 1.82) is 0 Å². The second kappa shape index (κ2) is 10.6. The molecule has 3 aliphatic heterocycles. The Balaban J connectivity index is 1.22. The van der Waals surface area contributed by atoms with Gasteiger partial charge in [-0.2, -0.15) is 0 Å². The van der Waals surface area contributed by atoms with Crippen molar-refractivity contribution in [3.8, 4) is 0 Å². The molecule has 0 aromatic heterocycles. The van der Waals surface area contributed by atoms with Gasteiger partial charge >= 0.3 is 312 Å². The van der Waals surface area contributed by atoms with Crippen molar-refractivity contribution in [3.05, 3.63) is 182 Å². The Labute approximate surface area is 310 Å². The molecule has 0 radical (unpaired) electrons. The van der Waals surface area contributed by atoms with E-state index in [1.54, 1.807) is 0 Å². The Morgan fingerprint density at radius 2 is 0.604 bits per heavy atom. The van der Waals surface area contributed by atoms with E-state index >= 15 is 0 Å². The fraction of sp³-hybridized carbons (Fsp3) is 0.0204. The van der Waals surface area contributed by atoms with Gasteiger partial charge in [0, 0.05) is 0 Å². The Bertz CT molecular complexity index is 2840. The summed E-state index contributed by atoms with van der Waals surface area (Å²) < 4.78 is 4.57. The van der Waals surface area contributed by atoms with Crippen LogP contribution >= 0.6 is 0 Å². The summed E-state index contributed by atoms with van der Waals surface area (Å²) in [4.78, 5) is 7.65. The molecular weight excluding hydrogens is 703 g/mol. The molecule has 0 aliphatic carbocycles. The second-order valence-electron chi connectivity index (χ2n) is 14.6. The third-order valence-electron chi connectivity index (χ3n) is 12.0. The second-order valence-corrected chi connectivity index (χ2v) is 22.5. The zero-order valence-electron chi connectivity index (χ0n) is 29.2. The Morgan fingerprint density at radius 1 is 0.283 bits per heavy atom. The number of hydrogen-bond donors (Lipinski definition) is 0. The van der Waals surface area contributed by atoms with E-state index in [-0.39, 0.29) is 0 Å². The topological polar surface area (TPSA) is 9.72 Å². The fourth-order valence-electron chi connectivity index (χ4n) is 10.0. The standard InChI is InChI=1S/C49H33GeN3/c1-50-47-41-23-12-24-42(47)52(33-17-6-3-7-18-33)44-26-14-28-46(49(44)50)53(45-27-13-25-43(48(45)50)51(41)32-15-4-2-5-16-32)34-29-30-39-37-21-9-8-19-35(37)36-20-10-11-22-38(36)40(39)31-34/h2-31H,1H3. The molecule has 0 saturated carbocycles. The molecular formula is C49H33GeN3. The molecule has 12 rings (SSSR count). The van der Waals surface area contributed by atoms with E-state index < -0.39 is 13.3 Å². The van der Waals surface area contributed by atoms with E-state index in [2.05, 4.69) is 202 Å². The van der Waals surface area contributed by atoms with Crippen LogP contribution in [0, 0.1) is 0 Å². The SMILES string of the molecule is [CH3][Ge]12[c]3c4cccc3N(c3ccccc3)c3cccc([c]31)N(c1ccc3c5ccccc5c5ccccc5c3c1)c1cccc([c]12)N4c1ccccc1. The first-order valence-corrected chi connectivity index (χ1v) is 23.7. The molecule has 9 aromatic carbocycles. The number of fused-ring (bicyclic) bond motifs is 6. The molecule has 0 amide bonds. The van der Waals surface area contributed by atoms with Crippen LogP contribution in [0.4, 0.5) is 51.2 Å². The van der Waals surface area contributed by atoms with Gasteiger partial charge < -0.3 is 0 Å². The minimum atomic E-state index is -3.35. The van der Waals surface area contributed by atoms with Gasteiger partial charge in [-0.15, -0.1) is 0 Å². The van der Waals surface area contributed by atoms with Gasteiger partial charge in [-0.1, -0.05) is 0 Å². The van der Waals surface area contributed by atoms with E-state index in [4.69, 9.17) is 0 Å². The van der Waals surface area contributed by atoms with Gasteiger partial charge in [-0.05, 0) is 0 Å². The predicted octanol–water partition coefficient (Wildman–Crippen LogP) is 11.6. The van der Waals surface area contributed by atoms with Crippen LogP contribution in [0.2, 0.25) is 5.76 Å². The van der Waals surface area contributed by atoms with Gasteiger partial charge in [0.1, 0.15) is 0 Å². The van der Waals surface area contributed by atoms with E-state index in [1.165, 1.54) is 96.7 Å². The predicted molar refractivity (Wildman–Crippen MR) is 227 cm³/mol. The first-order valence-electron chi connectivity index (χ1n) is 18.5. The van der Waals surface area contributed by atoms with Crippen LogP contribution in [0.1, 0.15) is 0 Å². The molecule has 4 heteroatoms. The van der Waals surface area contributed by atoms with Crippen molar-refractivity contribution in [2.24, 2.45) is 0 Å². The molecule has 0 spiro atoms. The quantitative estimate of drug-likeness (QED) is 0.132. The van der Waals surface area contributed by atoms with Crippen LogP contribution in [0.5, 0.6) is 0 Å². The molecule has 0 saturated heterocycles. The van der Waals surface area contributed by atoms with E-state index in [9.17, 15) is 0 Å². The van der Waals surface area contributed by atoms with Crippen LogP contribution in [-0.4, -0.2) is 13.3 Å². The molecule has 0 bridgehead atoms. The maximum absolute atomic E-state index is 3.35. The summed E-state index contributed by atoms with van der Waals surface area (Å²) in [6, 6.07) is 67.9. The van der Waals surface area contributed by atoms with Crippen molar-refractivity contribution in [2.45, 2.75) is 5.76 Å². The van der Waals surface area contributed by atoms with Crippen LogP contribution in [0.3, 0.4) is 0 Å². The molecule has 53 heavy (non-hydrogen) atoms. The summed E-state index contributed by atoms with van der Waals surface area (Å²) in [5.74, 6) is 2.66. The zero-order chi connectivity index (χ0) is 34.8. The average molecular weight is 736 g/mol. The van der Waals surface area contributed by atoms with Crippen LogP contribution in [0.15, 0.2) is 182 Å². The number of benzene rings is 9. The van der Waals surface area contributed by atoms with Crippen molar-refractivity contribution < 1.29 is 0 Å². The Hall–Kier alpha value is -6.30. The Morgan fingerprint density at radius 3 is 1.00 bits per heavy atom. The zero-order valence-corrected chi connectivity index (χ0v) is 31.3. The normalized spacial score (nSPS) is 14.5. The average Bonchev–Trinajstić information content (AvgIpc) is 3.22. The fourth-order valence-corrected chi connectivity index (χ4v) is 20.5. The van der Waals surface area contributed by atoms with E-state index in [0.29, 0.717) is 0 Å². The number of anilines is 9. The van der Waals surface area contributed by atoms with Crippen LogP contribution in [-0.2, 0) is 0 Å². The molecule has 3 heterocycles. The summed E-state index contributed by atoms with van der Waals surface area (Å²) in [7, 11) is 0. The van der Waals surface area contributed by atoms with Gasteiger partial charge in [0.15, 0.2) is 0 Å². The Kier molecular flexibility index (Phi) is 5.87. The third-order valence-corrected chi connectivity index (χ3v) is 21.5. The van der Waals surface area contributed by atoms with Crippen molar-refractivity contribution in [1.82, 2.24) is 0 Å². The maximum atomic E-state index is 2.66. The summed E-state index contributed by atoms with van der Waals surface area (Å²) in [6.45, 7) is 0. The van der Waals surface area contributed by atoms with Gasteiger partial charge in [0.25, 0.3) is 0 Å². The first-order chi connectivity index (χ1) is 26.2. The molecule has 0 atom stereocenters. The molecule has 9 aromatic rings. The summed E-state index contributed by atoms with van der Waals surface area (Å²) in [6.07, 6.45) is 0. The third kappa shape index (κ3) is 3.74. The van der Waals surface area contributed by atoms with E-state index in [0.717, 1.165) is 0 Å². The van der Waals surface area contributed by atoms with Crippen LogP contribution in [0.25, 0.3) is 32.3 Å². The molecule has 3 nitrogen and oxygen atoms in total. The molecule has 3 aliphatic rings. The summed E-state index contributed by atoms with van der Waals surface area (Å²) in [5.41, 5.74) is 11.4. The van der Waals surface area contributed by atoms with Crippen molar-refractivity contribution in [3.63, 3.8) is 0 Å². The minimum absolute atomic E-state index is 1.19. The molecule has 0 N–H and O–H groups in total. The van der Waals surface area contributed by atoms with Crippen molar-refractivity contribution in [2.75, 3.05) is 14.7 Å². The summed E-state index contributed by atoms with van der Waals surface area (Å²) >= 11 is -3.35. The van der Waals surface area contributed by atoms with Gasteiger partial charge in [-0.3, -0.25) is 0 Å². The van der Waals surface area contributed by atoms with E-state index in [1.807, 2.05) is 0 Å². The van der Waals surface area contributed by atoms with Gasteiger partial charge in [0.2, 0.25) is 0 Å². The van der Waals surface area contributed by atoms with Gasteiger partial charge in [0.05, 0.1) is 0 Å². The monoisotopic (exact) mass is 737 g/mol. The summed E-state index contributed by atoms with van der Waals surface area (Å²) in [5, 5.41) is 7.75. The number of hydrogen-bond acceptors (Lipinski definition) is 3. The van der Waals surface area contributed by atoms with Crippen molar-refractivity contribution >= 4 is 110 Å². The van der Waals surface area contributed by atoms with Crippen LogP contribution < -0.4 is 27.9 Å². The molecule has 0 fully saturated rings.